The van der Waals surface area contributed by atoms with Gasteiger partial charge in [-0.1, -0.05) is 23.8 Å². The zero-order chi connectivity index (χ0) is 18.7. The third-order valence-electron chi connectivity index (χ3n) is 3.90. The second kappa shape index (κ2) is 7.10. The lowest BCUT2D eigenvalue weighted by Crippen LogP contribution is -2.22. The zero-order valence-corrected chi connectivity index (χ0v) is 14.6. The molecule has 0 spiro atoms. The molecule has 0 aliphatic carbocycles. The molecule has 0 unspecified atom stereocenters. The van der Waals surface area contributed by atoms with Crippen molar-refractivity contribution in [1.82, 2.24) is 4.98 Å². The Kier molecular flexibility index (Phi) is 4.70. The third-order valence-corrected chi connectivity index (χ3v) is 3.90. The number of nitrogens with two attached hydrogens (primary N) is 2. The Morgan fingerprint density at radius 1 is 1.04 bits per heavy atom. The molecular weight excluding hydrogens is 328 g/mol. The number of anilines is 1. The molecule has 0 radical (unpaired) electrons. The van der Waals surface area contributed by atoms with Gasteiger partial charge in [0.1, 0.15) is 5.69 Å². The first-order chi connectivity index (χ1) is 12.4. The van der Waals surface area contributed by atoms with E-state index in [9.17, 15) is 4.79 Å². The number of aromatic amines is 1. The minimum absolute atomic E-state index is 0.0956. The quantitative estimate of drug-likeness (QED) is 0.329. The summed E-state index contributed by atoms with van der Waals surface area (Å²) in [5, 5.41) is 11.4. The van der Waals surface area contributed by atoms with E-state index in [1.165, 1.54) is 0 Å². The van der Waals surface area contributed by atoms with E-state index in [0.717, 1.165) is 22.0 Å². The molecule has 1 heterocycles. The van der Waals surface area contributed by atoms with E-state index in [4.69, 9.17) is 11.5 Å². The molecule has 2 aromatic carbocycles. The molecule has 1 amide bonds. The third kappa shape index (κ3) is 3.89. The molecular formula is C19H20N6O. The lowest BCUT2D eigenvalue weighted by Gasteiger charge is -2.05. The number of H-pyrrole nitrogens is 1. The number of aryl methyl sites for hydroxylation is 1. The van der Waals surface area contributed by atoms with E-state index in [1.807, 2.05) is 43.3 Å². The predicted molar refractivity (Wildman–Crippen MR) is 105 cm³/mol. The van der Waals surface area contributed by atoms with E-state index in [1.54, 1.807) is 19.1 Å². The topological polar surface area (TPSA) is 122 Å². The summed E-state index contributed by atoms with van der Waals surface area (Å²) in [5.41, 5.74) is 15.3. The molecule has 3 aromatic rings. The number of nitrogens with zero attached hydrogens (tertiary/aromatic N) is 2. The maximum atomic E-state index is 12.5. The van der Waals surface area contributed by atoms with Crippen molar-refractivity contribution in [3.63, 3.8) is 0 Å². The molecule has 3 rings (SSSR count). The van der Waals surface area contributed by atoms with Crippen LogP contribution in [0.3, 0.4) is 0 Å². The van der Waals surface area contributed by atoms with E-state index >= 15 is 0 Å². The molecule has 26 heavy (non-hydrogen) atoms. The number of nitrogens with one attached hydrogen (secondary N) is 2. The highest BCUT2D eigenvalue weighted by molar-refractivity contribution is 6.06. The Hall–Kier alpha value is -3.61. The monoisotopic (exact) mass is 348 g/mol. The Morgan fingerprint density at radius 2 is 1.77 bits per heavy atom. The van der Waals surface area contributed by atoms with Crippen LogP contribution in [0.5, 0.6) is 0 Å². The largest absolute Gasteiger partial charge is 0.369 e. The second-order valence-electron chi connectivity index (χ2n) is 6.02. The van der Waals surface area contributed by atoms with Gasteiger partial charge in [-0.2, -0.15) is 5.10 Å². The molecule has 0 saturated heterocycles. The van der Waals surface area contributed by atoms with Gasteiger partial charge in [0, 0.05) is 16.6 Å². The van der Waals surface area contributed by atoms with Crippen LogP contribution in [-0.4, -0.2) is 22.6 Å². The van der Waals surface area contributed by atoms with Crippen molar-refractivity contribution in [2.75, 3.05) is 5.32 Å². The number of rotatable bonds is 4. The van der Waals surface area contributed by atoms with Gasteiger partial charge in [-0.05, 0) is 49.7 Å². The average Bonchev–Trinajstić information content (AvgIpc) is 3.03. The fourth-order valence-electron chi connectivity index (χ4n) is 2.56. The minimum Gasteiger partial charge on any atom is -0.369 e. The van der Waals surface area contributed by atoms with Gasteiger partial charge in [-0.3, -0.25) is 4.79 Å². The van der Waals surface area contributed by atoms with Gasteiger partial charge in [-0.15, -0.1) is 5.10 Å². The number of aromatic nitrogens is 1. The maximum absolute atomic E-state index is 12.5. The summed E-state index contributed by atoms with van der Waals surface area (Å²) in [4.78, 5) is 15.6. The van der Waals surface area contributed by atoms with Crippen LogP contribution in [0.15, 0.2) is 58.7 Å². The predicted octanol–water partition coefficient (Wildman–Crippen LogP) is 2.73. The van der Waals surface area contributed by atoms with Crippen LogP contribution in [0, 0.1) is 6.92 Å². The van der Waals surface area contributed by atoms with Crippen LogP contribution < -0.4 is 16.8 Å². The summed E-state index contributed by atoms with van der Waals surface area (Å²) in [6.07, 6.45) is 0. The van der Waals surface area contributed by atoms with Crippen molar-refractivity contribution < 1.29 is 4.79 Å². The summed E-state index contributed by atoms with van der Waals surface area (Å²) < 4.78 is 0. The fraction of sp³-hybridized carbons (Fsp3) is 0.105. The van der Waals surface area contributed by atoms with E-state index in [-0.39, 0.29) is 11.9 Å². The molecule has 0 aliphatic heterocycles. The number of carbonyl (C=O) groups excluding carboxylic acids is 1. The maximum Gasteiger partial charge on any atom is 0.272 e. The van der Waals surface area contributed by atoms with Crippen LogP contribution in [0.1, 0.15) is 28.5 Å². The molecule has 0 aliphatic rings. The smallest absolute Gasteiger partial charge is 0.272 e. The van der Waals surface area contributed by atoms with Crippen molar-refractivity contribution in [3.8, 4) is 0 Å². The number of amides is 1. The summed E-state index contributed by atoms with van der Waals surface area (Å²) in [6, 6.07) is 15.1. The lowest BCUT2D eigenvalue weighted by molar-refractivity contribution is 0.102. The summed E-state index contributed by atoms with van der Waals surface area (Å²) in [6.45, 7) is 3.82. The lowest BCUT2D eigenvalue weighted by atomic mass is 10.1. The van der Waals surface area contributed by atoms with Crippen LogP contribution in [0.25, 0.3) is 10.9 Å². The Bertz CT molecular complexity index is 1010. The number of guanidine groups is 1. The zero-order valence-electron chi connectivity index (χ0n) is 14.6. The molecule has 7 nitrogen and oxygen atoms in total. The first kappa shape index (κ1) is 17.2. The number of hydrogen-bond donors (Lipinski definition) is 4. The Balaban J connectivity index is 1.74. The summed E-state index contributed by atoms with van der Waals surface area (Å²) >= 11 is 0. The molecule has 0 bridgehead atoms. The SMILES string of the molecule is CC(=NN=C(N)N)c1ccc(NC(=O)c2cc3cc(C)ccc3[nH]2)cc1. The first-order valence-corrected chi connectivity index (χ1v) is 8.07. The van der Waals surface area contributed by atoms with Crippen LogP contribution in [-0.2, 0) is 0 Å². The normalized spacial score (nSPS) is 11.4. The molecule has 0 atom stereocenters. The van der Waals surface area contributed by atoms with Gasteiger partial charge in [0.2, 0.25) is 5.96 Å². The van der Waals surface area contributed by atoms with Crippen molar-refractivity contribution in [1.29, 1.82) is 0 Å². The van der Waals surface area contributed by atoms with E-state index in [2.05, 4.69) is 20.5 Å². The van der Waals surface area contributed by atoms with Gasteiger partial charge in [0.05, 0.1) is 5.71 Å². The van der Waals surface area contributed by atoms with Gasteiger partial charge in [0.15, 0.2) is 0 Å². The first-order valence-electron chi connectivity index (χ1n) is 8.07. The van der Waals surface area contributed by atoms with Crippen molar-refractivity contribution in [2.45, 2.75) is 13.8 Å². The number of carbonyl (C=O) groups is 1. The summed E-state index contributed by atoms with van der Waals surface area (Å²) in [7, 11) is 0. The highest BCUT2D eigenvalue weighted by atomic mass is 16.1. The van der Waals surface area contributed by atoms with Crippen LogP contribution in [0.4, 0.5) is 5.69 Å². The van der Waals surface area contributed by atoms with E-state index < -0.39 is 0 Å². The average molecular weight is 348 g/mol. The van der Waals surface area contributed by atoms with Gasteiger partial charge >= 0.3 is 0 Å². The standard InChI is InChI=1S/C19H20N6O/c1-11-3-8-16-14(9-11)10-17(23-16)18(26)22-15-6-4-13(5-7-15)12(2)24-25-19(20)21/h3-10,23H,1-2H3,(H,22,26)(H4,20,21,25). The van der Waals surface area contributed by atoms with Crippen molar-refractivity contribution in [2.24, 2.45) is 21.7 Å². The molecule has 132 valence electrons. The van der Waals surface area contributed by atoms with Crippen molar-refractivity contribution >= 4 is 34.2 Å². The van der Waals surface area contributed by atoms with Gasteiger partial charge < -0.3 is 21.8 Å². The minimum atomic E-state index is -0.197. The summed E-state index contributed by atoms with van der Waals surface area (Å²) in [5.74, 6) is -0.292. The van der Waals surface area contributed by atoms with Crippen LogP contribution >= 0.6 is 0 Å². The Labute approximate surface area is 150 Å². The van der Waals surface area contributed by atoms with Crippen molar-refractivity contribution in [3.05, 3.63) is 65.4 Å². The number of fused-ring (bicyclic) bond motifs is 1. The highest BCUT2D eigenvalue weighted by Crippen LogP contribution is 2.18. The second-order valence-corrected chi connectivity index (χ2v) is 6.02. The number of hydrogen-bond acceptors (Lipinski definition) is 3. The molecule has 6 N–H and O–H groups in total. The van der Waals surface area contributed by atoms with Crippen LogP contribution in [0.2, 0.25) is 0 Å². The van der Waals surface area contributed by atoms with Gasteiger partial charge in [0.25, 0.3) is 5.91 Å². The Morgan fingerprint density at radius 3 is 2.46 bits per heavy atom. The number of benzene rings is 2. The highest BCUT2D eigenvalue weighted by Gasteiger charge is 2.10. The van der Waals surface area contributed by atoms with E-state index in [0.29, 0.717) is 17.1 Å². The molecule has 7 heteroatoms. The molecule has 0 fully saturated rings. The molecule has 0 saturated carbocycles. The molecule has 1 aromatic heterocycles. The van der Waals surface area contributed by atoms with Gasteiger partial charge in [-0.25, -0.2) is 0 Å². The fourth-order valence-corrected chi connectivity index (χ4v) is 2.56.